The summed E-state index contributed by atoms with van der Waals surface area (Å²) >= 11 is 0. The van der Waals surface area contributed by atoms with Gasteiger partial charge in [0.15, 0.2) is 0 Å². The maximum absolute atomic E-state index is 12.4. The Kier molecular flexibility index (Phi) is 4.27. The fourth-order valence-corrected chi connectivity index (χ4v) is 3.62. The fraction of sp³-hybridized carbons (Fsp3) is 0.588. The SMILES string of the molecule is CN(C)Cc1cccc(C(=O)NC2CC3CCC(C2)N3)c1. The fourth-order valence-electron chi connectivity index (χ4n) is 3.62. The first-order valence-corrected chi connectivity index (χ1v) is 7.91. The Morgan fingerprint density at radius 2 is 2.00 bits per heavy atom. The van der Waals surface area contributed by atoms with E-state index in [9.17, 15) is 4.79 Å². The molecule has 2 atom stereocenters. The number of hydrogen-bond donors (Lipinski definition) is 2. The molecule has 1 amide bonds. The van der Waals surface area contributed by atoms with Crippen molar-refractivity contribution < 1.29 is 4.79 Å². The van der Waals surface area contributed by atoms with Crippen LogP contribution in [0.4, 0.5) is 0 Å². The van der Waals surface area contributed by atoms with Crippen molar-refractivity contribution in [1.82, 2.24) is 15.5 Å². The largest absolute Gasteiger partial charge is 0.349 e. The van der Waals surface area contributed by atoms with Crippen LogP contribution in [-0.2, 0) is 6.54 Å². The third kappa shape index (κ3) is 3.63. The summed E-state index contributed by atoms with van der Waals surface area (Å²) in [6.45, 7) is 0.860. The zero-order chi connectivity index (χ0) is 14.8. The predicted octanol–water partition coefficient (Wildman–Crippen LogP) is 1.76. The van der Waals surface area contributed by atoms with Gasteiger partial charge in [0.1, 0.15) is 0 Å². The molecule has 2 unspecified atom stereocenters. The molecular formula is C17H25N3O. The van der Waals surface area contributed by atoms with Crippen LogP contribution in [0, 0.1) is 0 Å². The van der Waals surface area contributed by atoms with Crippen molar-refractivity contribution in [3.63, 3.8) is 0 Å². The summed E-state index contributed by atoms with van der Waals surface area (Å²) in [7, 11) is 4.08. The van der Waals surface area contributed by atoms with Crippen molar-refractivity contribution in [3.8, 4) is 0 Å². The molecule has 0 aromatic heterocycles. The average Bonchev–Trinajstić information content (AvgIpc) is 2.77. The van der Waals surface area contributed by atoms with Gasteiger partial charge in [-0.05, 0) is 57.5 Å². The van der Waals surface area contributed by atoms with E-state index in [-0.39, 0.29) is 5.91 Å². The van der Waals surface area contributed by atoms with Crippen LogP contribution in [0.25, 0.3) is 0 Å². The van der Waals surface area contributed by atoms with Crippen molar-refractivity contribution in [2.45, 2.75) is 50.4 Å². The minimum absolute atomic E-state index is 0.0712. The number of nitrogens with one attached hydrogen (secondary N) is 2. The molecule has 114 valence electrons. The normalized spacial score (nSPS) is 27.9. The maximum atomic E-state index is 12.4. The second-order valence-corrected chi connectivity index (χ2v) is 6.72. The van der Waals surface area contributed by atoms with Crippen molar-refractivity contribution in [2.24, 2.45) is 0 Å². The zero-order valence-electron chi connectivity index (χ0n) is 12.9. The second-order valence-electron chi connectivity index (χ2n) is 6.72. The highest BCUT2D eigenvalue weighted by Gasteiger charge is 2.34. The van der Waals surface area contributed by atoms with E-state index in [4.69, 9.17) is 0 Å². The first-order chi connectivity index (χ1) is 10.1. The first-order valence-electron chi connectivity index (χ1n) is 7.91. The summed E-state index contributed by atoms with van der Waals surface area (Å²) in [4.78, 5) is 14.6. The zero-order valence-corrected chi connectivity index (χ0v) is 12.9. The quantitative estimate of drug-likeness (QED) is 0.887. The van der Waals surface area contributed by atoms with Crippen LogP contribution in [0.3, 0.4) is 0 Å². The van der Waals surface area contributed by atoms with Crippen LogP contribution in [0.1, 0.15) is 41.6 Å². The molecule has 2 aliphatic heterocycles. The van der Waals surface area contributed by atoms with Gasteiger partial charge in [-0.15, -0.1) is 0 Å². The van der Waals surface area contributed by atoms with Crippen molar-refractivity contribution in [2.75, 3.05) is 14.1 Å². The standard InChI is InChI=1S/C17H25N3O/c1-20(2)11-12-4-3-5-13(8-12)17(21)19-16-9-14-6-7-15(10-16)18-14/h3-5,8,14-16,18H,6-7,9-11H2,1-2H3,(H,19,21). The molecule has 3 rings (SSSR count). The Morgan fingerprint density at radius 1 is 1.29 bits per heavy atom. The average molecular weight is 287 g/mol. The monoisotopic (exact) mass is 287 g/mol. The lowest BCUT2D eigenvalue weighted by molar-refractivity contribution is 0.0924. The third-order valence-corrected chi connectivity index (χ3v) is 4.50. The lowest BCUT2D eigenvalue weighted by Gasteiger charge is -2.29. The van der Waals surface area contributed by atoms with Gasteiger partial charge in [-0.3, -0.25) is 4.79 Å². The number of carbonyl (C=O) groups excluding carboxylic acids is 1. The topological polar surface area (TPSA) is 44.4 Å². The molecule has 2 N–H and O–H groups in total. The van der Waals surface area contributed by atoms with Gasteiger partial charge in [-0.2, -0.15) is 0 Å². The number of fused-ring (bicyclic) bond motifs is 2. The number of benzene rings is 1. The highest BCUT2D eigenvalue weighted by Crippen LogP contribution is 2.26. The molecule has 0 radical (unpaired) electrons. The number of piperidine rings is 1. The smallest absolute Gasteiger partial charge is 0.251 e. The predicted molar refractivity (Wildman–Crippen MR) is 84.3 cm³/mol. The Morgan fingerprint density at radius 3 is 2.67 bits per heavy atom. The molecule has 1 aromatic rings. The van der Waals surface area contributed by atoms with E-state index in [1.807, 2.05) is 32.3 Å². The van der Waals surface area contributed by atoms with Crippen molar-refractivity contribution >= 4 is 5.91 Å². The van der Waals surface area contributed by atoms with E-state index in [1.54, 1.807) is 0 Å². The summed E-state index contributed by atoms with van der Waals surface area (Å²) in [5, 5.41) is 6.83. The van der Waals surface area contributed by atoms with Gasteiger partial charge in [-0.1, -0.05) is 12.1 Å². The summed E-state index contributed by atoms with van der Waals surface area (Å²) in [5.41, 5.74) is 1.96. The molecule has 4 heteroatoms. The molecule has 2 saturated heterocycles. The van der Waals surface area contributed by atoms with Gasteiger partial charge in [0.2, 0.25) is 0 Å². The first kappa shape index (κ1) is 14.5. The number of nitrogens with zero attached hydrogens (tertiary/aromatic N) is 1. The van der Waals surface area contributed by atoms with E-state index in [1.165, 1.54) is 18.4 Å². The summed E-state index contributed by atoms with van der Waals surface area (Å²) in [6.07, 6.45) is 4.66. The molecule has 1 aromatic carbocycles. The van der Waals surface area contributed by atoms with Gasteiger partial charge in [0.25, 0.3) is 5.91 Å². The second kappa shape index (κ2) is 6.16. The molecule has 2 heterocycles. The van der Waals surface area contributed by atoms with E-state index in [2.05, 4.69) is 21.6 Å². The van der Waals surface area contributed by atoms with Gasteiger partial charge in [-0.25, -0.2) is 0 Å². The van der Waals surface area contributed by atoms with Crippen LogP contribution in [0.5, 0.6) is 0 Å². The Hall–Kier alpha value is -1.39. The van der Waals surface area contributed by atoms with E-state index in [0.29, 0.717) is 18.1 Å². The maximum Gasteiger partial charge on any atom is 0.251 e. The molecule has 0 saturated carbocycles. The highest BCUT2D eigenvalue weighted by atomic mass is 16.1. The Labute approximate surface area is 126 Å². The van der Waals surface area contributed by atoms with Gasteiger partial charge >= 0.3 is 0 Å². The van der Waals surface area contributed by atoms with Gasteiger partial charge in [0, 0.05) is 30.2 Å². The number of rotatable bonds is 4. The highest BCUT2D eigenvalue weighted by molar-refractivity contribution is 5.94. The van der Waals surface area contributed by atoms with E-state index < -0.39 is 0 Å². The lowest BCUT2D eigenvalue weighted by atomic mass is 9.99. The van der Waals surface area contributed by atoms with Crippen LogP contribution in [0.2, 0.25) is 0 Å². The minimum Gasteiger partial charge on any atom is -0.349 e. The summed E-state index contributed by atoms with van der Waals surface area (Å²) in [6, 6.07) is 9.49. The van der Waals surface area contributed by atoms with Gasteiger partial charge in [0.05, 0.1) is 0 Å². The van der Waals surface area contributed by atoms with E-state index >= 15 is 0 Å². The molecule has 2 aliphatic rings. The molecule has 2 bridgehead atoms. The summed E-state index contributed by atoms with van der Waals surface area (Å²) in [5.74, 6) is 0.0712. The molecular weight excluding hydrogens is 262 g/mol. The van der Waals surface area contributed by atoms with Crippen LogP contribution >= 0.6 is 0 Å². The molecule has 0 spiro atoms. The minimum atomic E-state index is 0.0712. The van der Waals surface area contributed by atoms with Crippen LogP contribution < -0.4 is 10.6 Å². The molecule has 21 heavy (non-hydrogen) atoms. The molecule has 2 fully saturated rings. The lowest BCUT2D eigenvalue weighted by Crippen LogP contribution is -2.48. The number of hydrogen-bond acceptors (Lipinski definition) is 3. The summed E-state index contributed by atoms with van der Waals surface area (Å²) < 4.78 is 0. The third-order valence-electron chi connectivity index (χ3n) is 4.50. The number of carbonyl (C=O) groups is 1. The van der Waals surface area contributed by atoms with Crippen molar-refractivity contribution in [1.29, 1.82) is 0 Å². The number of amides is 1. The van der Waals surface area contributed by atoms with Crippen LogP contribution in [0.15, 0.2) is 24.3 Å². The molecule has 0 aliphatic carbocycles. The van der Waals surface area contributed by atoms with E-state index in [0.717, 1.165) is 24.9 Å². The Balaban J connectivity index is 1.62. The van der Waals surface area contributed by atoms with Crippen LogP contribution in [-0.4, -0.2) is 43.0 Å². The van der Waals surface area contributed by atoms with Crippen molar-refractivity contribution in [3.05, 3.63) is 35.4 Å². The van der Waals surface area contributed by atoms with Gasteiger partial charge < -0.3 is 15.5 Å². The molecule has 4 nitrogen and oxygen atoms in total. The Bertz CT molecular complexity index is 503.